The van der Waals surface area contributed by atoms with Gasteiger partial charge in [-0.25, -0.2) is 13.2 Å². The fourth-order valence-corrected chi connectivity index (χ4v) is 2.01. The lowest BCUT2D eigenvalue weighted by atomic mass is 10.1. The summed E-state index contributed by atoms with van der Waals surface area (Å²) in [5.41, 5.74) is -2.10. The van der Waals surface area contributed by atoms with Crippen LogP contribution in [0.5, 0.6) is 0 Å². The van der Waals surface area contributed by atoms with Crippen molar-refractivity contribution < 1.29 is 31.1 Å². The molecule has 0 aromatic heterocycles. The Labute approximate surface area is 124 Å². The molecule has 0 heterocycles. The molecule has 118 valence electrons. The Hall–Kier alpha value is -1.25. The van der Waals surface area contributed by atoms with Gasteiger partial charge in [-0.2, -0.15) is 13.2 Å². The molecule has 0 bridgehead atoms. The monoisotopic (exact) mass is 377 g/mol. The highest BCUT2D eigenvalue weighted by Gasteiger charge is 2.32. The van der Waals surface area contributed by atoms with Crippen LogP contribution in [-0.2, 0) is 6.18 Å². The van der Waals surface area contributed by atoms with E-state index in [2.05, 4.69) is 15.9 Å². The predicted octanol–water partition coefficient (Wildman–Crippen LogP) is 3.95. The van der Waals surface area contributed by atoms with E-state index in [1.807, 2.05) is 0 Å². The van der Waals surface area contributed by atoms with Crippen molar-refractivity contribution in [1.29, 1.82) is 0 Å². The van der Waals surface area contributed by atoms with Crippen LogP contribution in [0, 0.1) is 5.82 Å². The van der Waals surface area contributed by atoms with Crippen LogP contribution >= 0.6 is 15.9 Å². The Balaban J connectivity index is 3.14. The fourth-order valence-electron chi connectivity index (χ4n) is 1.58. The molecule has 0 N–H and O–H groups in total. The summed E-state index contributed by atoms with van der Waals surface area (Å²) < 4.78 is 75.9. The van der Waals surface area contributed by atoms with Gasteiger partial charge in [0.05, 0.1) is 17.7 Å². The minimum atomic E-state index is -4.76. The first-order chi connectivity index (χ1) is 9.66. The number of carbonyl (C=O) groups excluding carboxylic acids is 1. The van der Waals surface area contributed by atoms with Gasteiger partial charge in [-0.1, -0.05) is 15.9 Å². The van der Waals surface area contributed by atoms with E-state index in [-0.39, 0.29) is 11.9 Å². The Morgan fingerprint density at radius 2 is 1.90 bits per heavy atom. The van der Waals surface area contributed by atoms with E-state index in [4.69, 9.17) is 0 Å². The lowest BCUT2D eigenvalue weighted by Gasteiger charge is -2.22. The van der Waals surface area contributed by atoms with Crippen molar-refractivity contribution in [3.05, 3.63) is 35.1 Å². The number of carbonyl (C=O) groups is 1. The van der Waals surface area contributed by atoms with Gasteiger partial charge in [0.1, 0.15) is 5.82 Å². The lowest BCUT2D eigenvalue weighted by molar-refractivity contribution is -0.137. The average Bonchev–Trinajstić information content (AvgIpc) is 2.36. The molecule has 21 heavy (non-hydrogen) atoms. The van der Waals surface area contributed by atoms with Crippen LogP contribution in [-0.4, -0.2) is 35.7 Å². The summed E-state index contributed by atoms with van der Waals surface area (Å²) in [7, 11) is 0. The maximum absolute atomic E-state index is 13.5. The molecule has 0 radical (unpaired) electrons. The molecule has 0 aliphatic heterocycles. The predicted molar refractivity (Wildman–Crippen MR) is 67.1 cm³/mol. The average molecular weight is 378 g/mol. The summed E-state index contributed by atoms with van der Waals surface area (Å²) in [5.74, 6) is -2.40. The van der Waals surface area contributed by atoms with Gasteiger partial charge in [-0.05, 0) is 18.2 Å². The number of amides is 1. The number of alkyl halides is 6. The summed E-state index contributed by atoms with van der Waals surface area (Å²) in [6, 6.07) is 1.29. The van der Waals surface area contributed by atoms with E-state index in [1.54, 1.807) is 0 Å². The Morgan fingerprint density at radius 1 is 1.29 bits per heavy atom. The molecule has 0 aliphatic rings. The Bertz CT molecular complexity index is 505. The quantitative estimate of drug-likeness (QED) is 0.562. The van der Waals surface area contributed by atoms with Crippen LogP contribution in [0.3, 0.4) is 0 Å². The first kappa shape index (κ1) is 17.8. The van der Waals surface area contributed by atoms with Crippen LogP contribution in [0.15, 0.2) is 18.2 Å². The van der Waals surface area contributed by atoms with E-state index < -0.39 is 42.0 Å². The van der Waals surface area contributed by atoms with Crippen molar-refractivity contribution in [2.45, 2.75) is 12.6 Å². The molecule has 0 atom stereocenters. The Kier molecular flexibility index (Phi) is 6.06. The molecule has 1 rings (SSSR count). The van der Waals surface area contributed by atoms with Gasteiger partial charge in [0.15, 0.2) is 0 Å². The van der Waals surface area contributed by atoms with Gasteiger partial charge < -0.3 is 4.90 Å². The van der Waals surface area contributed by atoms with E-state index in [9.17, 15) is 31.1 Å². The number of nitrogens with zero attached hydrogens (tertiary/aromatic N) is 1. The van der Waals surface area contributed by atoms with Crippen molar-refractivity contribution in [2.24, 2.45) is 0 Å². The second-order valence-electron chi connectivity index (χ2n) is 4.02. The van der Waals surface area contributed by atoms with Crippen molar-refractivity contribution in [3.8, 4) is 0 Å². The topological polar surface area (TPSA) is 20.3 Å². The van der Waals surface area contributed by atoms with Crippen LogP contribution in [0.25, 0.3) is 0 Å². The first-order valence-corrected chi connectivity index (χ1v) is 6.79. The fraction of sp³-hybridized carbons (Fsp3) is 0.417. The van der Waals surface area contributed by atoms with E-state index in [0.29, 0.717) is 23.1 Å². The normalized spacial score (nSPS) is 11.8. The maximum Gasteiger partial charge on any atom is 0.416 e. The molecule has 0 saturated carbocycles. The van der Waals surface area contributed by atoms with E-state index in [1.165, 1.54) is 0 Å². The van der Waals surface area contributed by atoms with Crippen LogP contribution in [0.1, 0.15) is 15.9 Å². The highest BCUT2D eigenvalue weighted by atomic mass is 79.9. The molecular formula is C12H10BrF6NO. The van der Waals surface area contributed by atoms with Gasteiger partial charge in [0.2, 0.25) is 0 Å². The van der Waals surface area contributed by atoms with E-state index in [0.717, 1.165) is 0 Å². The summed E-state index contributed by atoms with van der Waals surface area (Å²) >= 11 is 2.93. The van der Waals surface area contributed by atoms with Crippen LogP contribution in [0.2, 0.25) is 0 Å². The molecule has 0 spiro atoms. The lowest BCUT2D eigenvalue weighted by Crippen LogP contribution is -2.37. The highest BCUT2D eigenvalue weighted by molar-refractivity contribution is 9.09. The SMILES string of the molecule is O=C(c1cc(C(F)(F)F)ccc1F)N(CCBr)CC(F)F. The van der Waals surface area contributed by atoms with Gasteiger partial charge in [-0.3, -0.25) is 4.79 Å². The molecule has 2 nitrogen and oxygen atoms in total. The maximum atomic E-state index is 13.5. The summed E-state index contributed by atoms with van der Waals surface area (Å²) in [4.78, 5) is 12.5. The molecule has 0 saturated heterocycles. The van der Waals surface area contributed by atoms with Crippen molar-refractivity contribution in [3.63, 3.8) is 0 Å². The molecule has 0 aliphatic carbocycles. The van der Waals surface area contributed by atoms with Crippen molar-refractivity contribution in [2.75, 3.05) is 18.4 Å². The number of halogens is 7. The minimum Gasteiger partial charge on any atom is -0.332 e. The second kappa shape index (κ2) is 7.15. The molecule has 1 aromatic carbocycles. The largest absolute Gasteiger partial charge is 0.416 e. The zero-order valence-electron chi connectivity index (χ0n) is 10.4. The van der Waals surface area contributed by atoms with Crippen LogP contribution in [0.4, 0.5) is 26.3 Å². The number of rotatable bonds is 5. The zero-order chi connectivity index (χ0) is 16.2. The molecule has 0 unspecified atom stereocenters. The van der Waals surface area contributed by atoms with Crippen molar-refractivity contribution in [1.82, 2.24) is 4.90 Å². The number of benzene rings is 1. The van der Waals surface area contributed by atoms with E-state index >= 15 is 0 Å². The third-order valence-corrected chi connectivity index (χ3v) is 2.88. The summed E-state index contributed by atoms with van der Waals surface area (Å²) in [5, 5.41) is 0.131. The highest BCUT2D eigenvalue weighted by Crippen LogP contribution is 2.30. The minimum absolute atomic E-state index is 0.131. The number of hydrogen-bond donors (Lipinski definition) is 0. The smallest absolute Gasteiger partial charge is 0.332 e. The van der Waals surface area contributed by atoms with Gasteiger partial charge in [-0.15, -0.1) is 0 Å². The number of hydrogen-bond acceptors (Lipinski definition) is 1. The van der Waals surface area contributed by atoms with Crippen molar-refractivity contribution >= 4 is 21.8 Å². The molecule has 9 heteroatoms. The molecule has 0 fully saturated rings. The first-order valence-electron chi connectivity index (χ1n) is 5.67. The molecule has 1 aromatic rings. The summed E-state index contributed by atoms with van der Waals surface area (Å²) in [6.07, 6.45) is -7.63. The Morgan fingerprint density at radius 3 is 2.38 bits per heavy atom. The second-order valence-corrected chi connectivity index (χ2v) is 4.82. The zero-order valence-corrected chi connectivity index (χ0v) is 12.0. The van der Waals surface area contributed by atoms with Gasteiger partial charge in [0, 0.05) is 11.9 Å². The third-order valence-electron chi connectivity index (χ3n) is 2.52. The van der Waals surface area contributed by atoms with Gasteiger partial charge >= 0.3 is 6.18 Å². The summed E-state index contributed by atoms with van der Waals surface area (Å²) in [6.45, 7) is -1.17. The molecular weight excluding hydrogens is 368 g/mol. The third kappa shape index (κ3) is 4.90. The standard InChI is InChI=1S/C12H10BrF6NO/c13-3-4-20(6-10(15)16)11(21)8-5-7(12(17,18)19)1-2-9(8)14/h1-2,5,10H,3-4,6H2. The van der Waals surface area contributed by atoms with Crippen LogP contribution < -0.4 is 0 Å². The molecule has 1 amide bonds. The van der Waals surface area contributed by atoms with Gasteiger partial charge in [0.25, 0.3) is 12.3 Å².